The van der Waals surface area contributed by atoms with Crippen LogP contribution < -0.4 is 4.90 Å². The van der Waals surface area contributed by atoms with Crippen molar-refractivity contribution in [1.82, 2.24) is 4.98 Å². The average molecular weight is 390 g/mol. The summed E-state index contributed by atoms with van der Waals surface area (Å²) in [6, 6.07) is 11.9. The molecule has 28 heavy (non-hydrogen) atoms. The minimum absolute atomic E-state index is 0.0846. The molecule has 0 fully saturated rings. The number of aliphatic hydroxyl groups is 1. The van der Waals surface area contributed by atoms with E-state index in [1.807, 2.05) is 38.1 Å². The summed E-state index contributed by atoms with van der Waals surface area (Å²) in [6.07, 6.45) is 3.25. The van der Waals surface area contributed by atoms with Crippen molar-refractivity contribution in [3.05, 3.63) is 93.1 Å². The zero-order valence-corrected chi connectivity index (χ0v) is 16.2. The minimum Gasteiger partial charge on any atom is -0.503 e. The molecule has 3 aromatic rings. The Kier molecular flexibility index (Phi) is 4.57. The van der Waals surface area contributed by atoms with Gasteiger partial charge >= 0.3 is 0 Å². The number of amides is 1. The molecule has 0 saturated carbocycles. The van der Waals surface area contributed by atoms with E-state index in [9.17, 15) is 14.7 Å². The van der Waals surface area contributed by atoms with Gasteiger partial charge in [0, 0.05) is 18.1 Å². The van der Waals surface area contributed by atoms with E-state index in [2.05, 4.69) is 4.98 Å². The lowest BCUT2D eigenvalue weighted by Crippen LogP contribution is -2.31. The number of carbonyl (C=O) groups excluding carboxylic acids is 2. The second-order valence-corrected chi connectivity index (χ2v) is 7.60. The van der Waals surface area contributed by atoms with E-state index in [0.29, 0.717) is 16.1 Å². The van der Waals surface area contributed by atoms with E-state index in [4.69, 9.17) is 0 Å². The number of thiophene rings is 1. The number of aryl methyl sites for hydroxylation is 1. The van der Waals surface area contributed by atoms with Crippen molar-refractivity contribution < 1.29 is 14.7 Å². The molecule has 0 saturated heterocycles. The molecule has 1 aliphatic rings. The molecule has 1 amide bonds. The van der Waals surface area contributed by atoms with Gasteiger partial charge in [-0.05, 0) is 54.1 Å². The van der Waals surface area contributed by atoms with E-state index in [1.165, 1.54) is 16.2 Å². The topological polar surface area (TPSA) is 70.5 Å². The van der Waals surface area contributed by atoms with Gasteiger partial charge in [0.1, 0.15) is 0 Å². The van der Waals surface area contributed by atoms with Gasteiger partial charge < -0.3 is 5.11 Å². The van der Waals surface area contributed by atoms with Crippen LogP contribution in [-0.2, 0) is 4.79 Å². The fraction of sp³-hybridized carbons (Fsp3) is 0.136. The molecule has 0 radical (unpaired) electrons. The number of carbonyl (C=O) groups is 2. The Balaban J connectivity index is 1.92. The summed E-state index contributed by atoms with van der Waals surface area (Å²) in [4.78, 5) is 32.4. The molecule has 3 heterocycles. The number of aromatic nitrogens is 1. The van der Waals surface area contributed by atoms with Crippen molar-refractivity contribution >= 4 is 28.7 Å². The van der Waals surface area contributed by atoms with Crippen LogP contribution in [0.1, 0.15) is 32.4 Å². The number of anilines is 1. The van der Waals surface area contributed by atoms with Gasteiger partial charge in [0.2, 0.25) is 5.78 Å². The standard InChI is InChI=1S/C22H18N2O3S/c1-13-6-3-8-16(14(13)2)24-19(15-7-4-10-23-12-15)18(21(26)22(24)27)20(25)17-9-5-11-28-17/h3-12,19,26H,1-2H3. The smallest absolute Gasteiger partial charge is 0.294 e. The van der Waals surface area contributed by atoms with Gasteiger partial charge in [-0.15, -0.1) is 11.3 Å². The van der Waals surface area contributed by atoms with Crippen molar-refractivity contribution in [2.45, 2.75) is 19.9 Å². The number of hydrogen-bond acceptors (Lipinski definition) is 5. The van der Waals surface area contributed by atoms with Gasteiger partial charge in [-0.1, -0.05) is 24.3 Å². The van der Waals surface area contributed by atoms with E-state index >= 15 is 0 Å². The number of nitrogens with zero attached hydrogens (tertiary/aromatic N) is 2. The number of benzene rings is 1. The second-order valence-electron chi connectivity index (χ2n) is 6.65. The predicted molar refractivity (Wildman–Crippen MR) is 109 cm³/mol. The molecule has 6 heteroatoms. The van der Waals surface area contributed by atoms with Crippen LogP contribution in [0, 0.1) is 13.8 Å². The maximum absolute atomic E-state index is 13.2. The molecule has 0 spiro atoms. The van der Waals surface area contributed by atoms with E-state index < -0.39 is 17.7 Å². The van der Waals surface area contributed by atoms with Crippen molar-refractivity contribution in [1.29, 1.82) is 0 Å². The highest BCUT2D eigenvalue weighted by atomic mass is 32.1. The molecular weight excluding hydrogens is 372 g/mol. The van der Waals surface area contributed by atoms with Crippen LogP contribution >= 0.6 is 11.3 Å². The third-order valence-corrected chi connectivity index (χ3v) is 5.90. The number of ketones is 1. The molecule has 1 N–H and O–H groups in total. The Morgan fingerprint density at radius 1 is 1.14 bits per heavy atom. The number of hydrogen-bond donors (Lipinski definition) is 1. The van der Waals surface area contributed by atoms with Crippen molar-refractivity contribution in [3.8, 4) is 0 Å². The van der Waals surface area contributed by atoms with Crippen LogP contribution in [0.4, 0.5) is 5.69 Å². The summed E-state index contributed by atoms with van der Waals surface area (Å²) in [5, 5.41) is 12.5. The lowest BCUT2D eigenvalue weighted by atomic mass is 9.95. The molecular formula is C22H18N2O3S. The molecule has 0 aliphatic carbocycles. The van der Waals surface area contributed by atoms with E-state index in [0.717, 1.165) is 11.1 Å². The van der Waals surface area contributed by atoms with E-state index in [1.54, 1.807) is 36.0 Å². The van der Waals surface area contributed by atoms with Gasteiger partial charge in [0.15, 0.2) is 5.76 Å². The van der Waals surface area contributed by atoms with Gasteiger partial charge in [-0.25, -0.2) is 0 Å². The third kappa shape index (κ3) is 2.82. The van der Waals surface area contributed by atoms with Crippen molar-refractivity contribution in [2.75, 3.05) is 4.90 Å². The first-order valence-corrected chi connectivity index (χ1v) is 9.69. The Hall–Kier alpha value is -3.25. The Morgan fingerprint density at radius 3 is 2.64 bits per heavy atom. The number of Topliss-reactive ketones (excluding diaryl/α,β-unsaturated/α-hetero) is 1. The molecule has 140 valence electrons. The highest BCUT2D eigenvalue weighted by Gasteiger charge is 2.45. The maximum atomic E-state index is 13.2. The van der Waals surface area contributed by atoms with Crippen LogP contribution in [0.25, 0.3) is 0 Å². The fourth-order valence-corrected chi connectivity index (χ4v) is 4.15. The Morgan fingerprint density at radius 2 is 1.96 bits per heavy atom. The zero-order valence-electron chi connectivity index (χ0n) is 15.4. The van der Waals surface area contributed by atoms with Gasteiger partial charge in [-0.3, -0.25) is 19.5 Å². The van der Waals surface area contributed by atoms with Gasteiger partial charge in [-0.2, -0.15) is 0 Å². The molecule has 1 atom stereocenters. The van der Waals surface area contributed by atoms with Crippen LogP contribution in [0.2, 0.25) is 0 Å². The Labute approximate surface area is 166 Å². The molecule has 1 unspecified atom stereocenters. The summed E-state index contributed by atoms with van der Waals surface area (Å²) >= 11 is 1.28. The van der Waals surface area contributed by atoms with Crippen LogP contribution in [-0.4, -0.2) is 21.8 Å². The monoisotopic (exact) mass is 390 g/mol. The minimum atomic E-state index is -0.740. The van der Waals surface area contributed by atoms with Crippen molar-refractivity contribution in [3.63, 3.8) is 0 Å². The first-order chi connectivity index (χ1) is 13.5. The third-order valence-electron chi connectivity index (χ3n) is 5.03. The van der Waals surface area contributed by atoms with Gasteiger partial charge in [0.25, 0.3) is 5.91 Å². The number of pyridine rings is 1. The van der Waals surface area contributed by atoms with E-state index in [-0.39, 0.29) is 11.4 Å². The van der Waals surface area contributed by atoms with Crippen LogP contribution in [0.15, 0.2) is 71.6 Å². The maximum Gasteiger partial charge on any atom is 0.294 e. The van der Waals surface area contributed by atoms with Crippen LogP contribution in [0.3, 0.4) is 0 Å². The zero-order chi connectivity index (χ0) is 19.8. The Bertz CT molecular complexity index is 1090. The lowest BCUT2D eigenvalue weighted by molar-refractivity contribution is -0.117. The highest BCUT2D eigenvalue weighted by molar-refractivity contribution is 7.12. The molecule has 2 aromatic heterocycles. The fourth-order valence-electron chi connectivity index (χ4n) is 3.48. The summed E-state index contributed by atoms with van der Waals surface area (Å²) in [7, 11) is 0. The number of aliphatic hydroxyl groups excluding tert-OH is 1. The first-order valence-electron chi connectivity index (χ1n) is 8.81. The SMILES string of the molecule is Cc1cccc(N2C(=O)C(O)=C(C(=O)c3cccs3)C2c2cccnc2)c1C. The first kappa shape index (κ1) is 18.1. The summed E-state index contributed by atoms with van der Waals surface area (Å²) in [5.41, 5.74) is 3.36. The summed E-state index contributed by atoms with van der Waals surface area (Å²) in [5.74, 6) is -1.43. The van der Waals surface area contributed by atoms with Crippen LogP contribution in [0.5, 0.6) is 0 Å². The molecule has 5 nitrogen and oxygen atoms in total. The molecule has 4 rings (SSSR count). The molecule has 1 aromatic carbocycles. The van der Waals surface area contributed by atoms with Gasteiger partial charge in [0.05, 0.1) is 16.5 Å². The second kappa shape index (κ2) is 7.05. The average Bonchev–Trinajstić information content (AvgIpc) is 3.32. The quantitative estimate of drug-likeness (QED) is 0.664. The normalized spacial score (nSPS) is 16.7. The predicted octanol–water partition coefficient (Wildman–Crippen LogP) is 4.54. The summed E-state index contributed by atoms with van der Waals surface area (Å²) in [6.45, 7) is 3.89. The van der Waals surface area contributed by atoms with Crippen molar-refractivity contribution in [2.24, 2.45) is 0 Å². The summed E-state index contributed by atoms with van der Waals surface area (Å²) < 4.78 is 0. The number of rotatable bonds is 4. The highest BCUT2D eigenvalue weighted by Crippen LogP contribution is 2.43. The molecule has 0 bridgehead atoms. The largest absolute Gasteiger partial charge is 0.503 e. The molecule has 1 aliphatic heterocycles. The lowest BCUT2D eigenvalue weighted by Gasteiger charge is -2.28.